The lowest BCUT2D eigenvalue weighted by atomic mass is 9.89. The van der Waals surface area contributed by atoms with Crippen molar-refractivity contribution >= 4 is 44.6 Å². The van der Waals surface area contributed by atoms with Crippen LogP contribution in [-0.4, -0.2) is 43.3 Å². The van der Waals surface area contributed by atoms with Gasteiger partial charge in [-0.3, -0.25) is 19.2 Å². The molecular formula is C24H26N2O6S. The van der Waals surface area contributed by atoms with Gasteiger partial charge in [0.1, 0.15) is 0 Å². The van der Waals surface area contributed by atoms with Crippen molar-refractivity contribution in [2.24, 2.45) is 11.8 Å². The normalized spacial score (nSPS) is 19.0. The zero-order chi connectivity index (χ0) is 24.2. The summed E-state index contributed by atoms with van der Waals surface area (Å²) in [5.74, 6) is -2.34. The minimum atomic E-state index is -3.37. The molecule has 2 amide bonds. The first kappa shape index (κ1) is 24.3. The van der Waals surface area contributed by atoms with Gasteiger partial charge >= 0.3 is 0 Å². The van der Waals surface area contributed by atoms with E-state index in [-0.39, 0.29) is 47.7 Å². The average Bonchev–Trinajstić information content (AvgIpc) is 3.00. The topological polar surface area (TPSA) is 126 Å². The lowest BCUT2D eigenvalue weighted by Crippen LogP contribution is -2.25. The third-order valence-electron chi connectivity index (χ3n) is 5.60. The molecule has 33 heavy (non-hydrogen) atoms. The largest absolute Gasteiger partial charge is 0.326 e. The molecule has 2 aromatic rings. The van der Waals surface area contributed by atoms with E-state index in [1.807, 2.05) is 0 Å². The van der Waals surface area contributed by atoms with Gasteiger partial charge in [0, 0.05) is 35.3 Å². The zero-order valence-electron chi connectivity index (χ0n) is 18.5. The van der Waals surface area contributed by atoms with Crippen LogP contribution in [0, 0.1) is 11.8 Å². The molecule has 174 valence electrons. The highest BCUT2D eigenvalue weighted by molar-refractivity contribution is 7.91. The van der Waals surface area contributed by atoms with Crippen molar-refractivity contribution in [2.75, 3.05) is 22.1 Å². The Morgan fingerprint density at radius 2 is 1.15 bits per heavy atom. The predicted octanol–water partition coefficient (Wildman–Crippen LogP) is 3.11. The van der Waals surface area contributed by atoms with Gasteiger partial charge in [-0.1, -0.05) is 24.3 Å². The van der Waals surface area contributed by atoms with Gasteiger partial charge in [0.25, 0.3) is 0 Å². The van der Waals surface area contributed by atoms with Gasteiger partial charge in [0.2, 0.25) is 11.8 Å². The Bertz CT molecular complexity index is 1120. The van der Waals surface area contributed by atoms with Crippen LogP contribution >= 0.6 is 0 Å². The molecule has 2 unspecified atom stereocenters. The number of hydrogen-bond acceptors (Lipinski definition) is 6. The fraction of sp³-hybridized carbons (Fsp3) is 0.333. The third-order valence-corrected chi connectivity index (χ3v) is 7.48. The second-order valence-corrected chi connectivity index (χ2v) is 10.5. The van der Waals surface area contributed by atoms with Crippen molar-refractivity contribution in [3.8, 4) is 0 Å². The number of carbonyl (C=O) groups excluding carboxylic acids is 4. The molecule has 1 saturated heterocycles. The van der Waals surface area contributed by atoms with Crippen LogP contribution in [0.5, 0.6) is 0 Å². The highest BCUT2D eigenvalue weighted by Gasteiger charge is 2.39. The molecule has 1 aliphatic heterocycles. The third kappa shape index (κ3) is 6.82. The van der Waals surface area contributed by atoms with E-state index in [9.17, 15) is 27.6 Å². The Hall–Kier alpha value is -3.33. The van der Waals surface area contributed by atoms with Crippen LogP contribution < -0.4 is 10.6 Å². The predicted molar refractivity (Wildman–Crippen MR) is 125 cm³/mol. The van der Waals surface area contributed by atoms with E-state index in [0.717, 1.165) is 0 Å². The second-order valence-electron chi connectivity index (χ2n) is 8.38. The number of ketones is 2. The summed E-state index contributed by atoms with van der Waals surface area (Å²) in [4.78, 5) is 48.2. The lowest BCUT2D eigenvalue weighted by molar-refractivity contribution is -0.119. The summed E-state index contributed by atoms with van der Waals surface area (Å²) in [6, 6.07) is 13.0. The number of nitrogens with one attached hydrogen (secondary N) is 2. The SMILES string of the molecule is CC(=O)c1cccc(NC(=O)CC2CS(=O)(=O)CC2CC(=O)Nc2cccc(C(C)=O)c2)c1. The summed E-state index contributed by atoms with van der Waals surface area (Å²) >= 11 is 0. The Labute approximate surface area is 192 Å². The summed E-state index contributed by atoms with van der Waals surface area (Å²) in [6.45, 7) is 2.85. The van der Waals surface area contributed by atoms with Gasteiger partial charge < -0.3 is 10.6 Å². The average molecular weight is 471 g/mol. The number of Topliss-reactive ketones (excluding diaryl/α,β-unsaturated/α-hetero) is 2. The molecule has 3 rings (SSSR count). The zero-order valence-corrected chi connectivity index (χ0v) is 19.3. The molecule has 1 heterocycles. The van der Waals surface area contributed by atoms with Gasteiger partial charge in [-0.25, -0.2) is 8.42 Å². The minimum Gasteiger partial charge on any atom is -0.326 e. The summed E-state index contributed by atoms with van der Waals surface area (Å²) in [5, 5.41) is 5.41. The smallest absolute Gasteiger partial charge is 0.224 e. The van der Waals surface area contributed by atoms with Gasteiger partial charge in [0.15, 0.2) is 21.4 Å². The standard InChI is InChI=1S/C24H26N2O6S/c1-15(27)17-5-3-7-21(9-17)25-23(29)11-19-13-33(31,32)14-20(19)12-24(30)26-22-8-4-6-18(10-22)16(2)28/h3-10,19-20H,11-14H2,1-2H3,(H,25,29)(H,26,30). The van der Waals surface area contributed by atoms with Gasteiger partial charge in [-0.15, -0.1) is 0 Å². The number of hydrogen-bond donors (Lipinski definition) is 2. The maximum absolute atomic E-state index is 12.6. The van der Waals surface area contributed by atoms with E-state index in [0.29, 0.717) is 22.5 Å². The molecule has 0 radical (unpaired) electrons. The minimum absolute atomic E-state index is 0.0543. The fourth-order valence-corrected chi connectivity index (χ4v) is 6.20. The molecule has 0 saturated carbocycles. The van der Waals surface area contributed by atoms with Crippen molar-refractivity contribution in [3.63, 3.8) is 0 Å². The lowest BCUT2D eigenvalue weighted by Gasteiger charge is -2.17. The number of sulfone groups is 1. The van der Waals surface area contributed by atoms with Crippen molar-refractivity contribution in [3.05, 3.63) is 59.7 Å². The fourth-order valence-electron chi connectivity index (χ4n) is 3.98. The van der Waals surface area contributed by atoms with Crippen molar-refractivity contribution in [1.29, 1.82) is 0 Å². The molecule has 0 aromatic heterocycles. The molecule has 1 fully saturated rings. The van der Waals surface area contributed by atoms with Crippen LogP contribution in [0.1, 0.15) is 47.4 Å². The van der Waals surface area contributed by atoms with Gasteiger partial charge in [0.05, 0.1) is 11.5 Å². The summed E-state index contributed by atoms with van der Waals surface area (Å²) < 4.78 is 24.5. The molecule has 0 aliphatic carbocycles. The molecule has 0 bridgehead atoms. The Kier molecular flexibility index (Phi) is 7.43. The second kappa shape index (κ2) is 10.1. The Balaban J connectivity index is 1.64. The molecule has 2 N–H and O–H groups in total. The molecular weight excluding hydrogens is 444 g/mol. The first-order chi connectivity index (χ1) is 15.5. The molecule has 1 aliphatic rings. The molecule has 9 heteroatoms. The molecule has 2 atom stereocenters. The number of benzene rings is 2. The number of carbonyl (C=O) groups is 4. The maximum Gasteiger partial charge on any atom is 0.224 e. The van der Waals surface area contributed by atoms with E-state index in [4.69, 9.17) is 0 Å². The first-order valence-corrected chi connectivity index (χ1v) is 12.4. The van der Waals surface area contributed by atoms with Crippen molar-refractivity contribution in [2.45, 2.75) is 26.7 Å². The molecule has 0 spiro atoms. The summed E-state index contributed by atoms with van der Waals surface area (Å²) in [7, 11) is -3.37. The monoisotopic (exact) mass is 470 g/mol. The quantitative estimate of drug-likeness (QED) is 0.571. The first-order valence-electron chi connectivity index (χ1n) is 10.5. The Morgan fingerprint density at radius 1 is 0.758 bits per heavy atom. The van der Waals surface area contributed by atoms with Gasteiger partial charge in [-0.05, 0) is 49.9 Å². The van der Waals surface area contributed by atoms with Crippen molar-refractivity contribution < 1.29 is 27.6 Å². The highest BCUT2D eigenvalue weighted by atomic mass is 32.2. The van der Waals surface area contributed by atoms with Gasteiger partial charge in [-0.2, -0.15) is 0 Å². The number of amides is 2. The van der Waals surface area contributed by atoms with Crippen molar-refractivity contribution in [1.82, 2.24) is 0 Å². The molecule has 2 aromatic carbocycles. The molecule has 8 nitrogen and oxygen atoms in total. The van der Waals surface area contributed by atoms with Crippen LogP contribution in [0.25, 0.3) is 0 Å². The number of rotatable bonds is 8. The van der Waals surface area contributed by atoms with Crippen LogP contribution in [0.2, 0.25) is 0 Å². The van der Waals surface area contributed by atoms with E-state index >= 15 is 0 Å². The summed E-state index contributed by atoms with van der Waals surface area (Å²) in [6.07, 6.45) is -0.109. The van der Waals surface area contributed by atoms with Crippen LogP contribution in [-0.2, 0) is 19.4 Å². The van der Waals surface area contributed by atoms with Crippen LogP contribution in [0.4, 0.5) is 11.4 Å². The number of anilines is 2. The van der Waals surface area contributed by atoms with E-state index < -0.39 is 21.7 Å². The van der Waals surface area contributed by atoms with E-state index in [1.54, 1.807) is 48.5 Å². The van der Waals surface area contributed by atoms with Crippen LogP contribution in [0.3, 0.4) is 0 Å². The van der Waals surface area contributed by atoms with Crippen LogP contribution in [0.15, 0.2) is 48.5 Å². The van der Waals surface area contributed by atoms with E-state index in [1.165, 1.54) is 13.8 Å². The maximum atomic E-state index is 12.6. The Morgan fingerprint density at radius 3 is 1.52 bits per heavy atom. The highest BCUT2D eigenvalue weighted by Crippen LogP contribution is 2.31. The van der Waals surface area contributed by atoms with E-state index in [2.05, 4.69) is 10.6 Å². The summed E-state index contributed by atoms with van der Waals surface area (Å²) in [5.41, 5.74) is 1.82.